The molecule has 4 nitrogen and oxygen atoms in total. The molecule has 94 valence electrons. The minimum atomic E-state index is -0.367. The molecule has 0 heterocycles. The van der Waals surface area contributed by atoms with Crippen molar-refractivity contribution in [3.8, 4) is 5.75 Å². The molecule has 0 radical (unpaired) electrons. The van der Waals surface area contributed by atoms with Gasteiger partial charge in [0.1, 0.15) is 5.75 Å². The molecule has 0 saturated heterocycles. The van der Waals surface area contributed by atoms with Crippen molar-refractivity contribution in [1.29, 1.82) is 0 Å². The Balaban J connectivity index is 2.55. The number of rotatable bonds is 3. The fourth-order valence-corrected chi connectivity index (χ4v) is 1.84. The van der Waals surface area contributed by atoms with Crippen LogP contribution in [0.4, 0.5) is 5.69 Å². The number of anilines is 1. The normalized spacial score (nSPS) is 10.3. The van der Waals surface area contributed by atoms with Gasteiger partial charge >= 0.3 is 5.97 Å². The van der Waals surface area contributed by atoms with Crippen LogP contribution in [0, 0.1) is 0 Å². The maximum atomic E-state index is 11.7. The number of methoxy groups -OCH3 is 1. The molecule has 0 bridgehead atoms. The van der Waals surface area contributed by atoms with E-state index in [1.165, 1.54) is 0 Å². The molecule has 18 heavy (non-hydrogen) atoms. The highest BCUT2D eigenvalue weighted by Gasteiger charge is 2.10. The fraction of sp³-hybridized carbons (Fsp3) is 0.214. The smallest absolute Gasteiger partial charge is 0.338 e. The number of esters is 1. The minimum absolute atomic E-state index is 0.342. The Labute approximate surface area is 105 Å². The molecular formula is C14H15NO3. The van der Waals surface area contributed by atoms with E-state index in [9.17, 15) is 4.79 Å². The van der Waals surface area contributed by atoms with Crippen molar-refractivity contribution in [3.05, 3.63) is 35.9 Å². The maximum absolute atomic E-state index is 11.7. The summed E-state index contributed by atoms with van der Waals surface area (Å²) >= 11 is 0. The number of carbonyl (C=O) groups excluding carboxylic acids is 1. The molecule has 2 rings (SSSR count). The molecule has 0 spiro atoms. The standard InChI is InChI=1S/C14H15NO3/c1-3-18-14(16)10-6-9-7-11(17-2)4-5-12(9)13(15)8-10/h4-8H,3,15H2,1-2H3. The third kappa shape index (κ3) is 2.22. The lowest BCUT2D eigenvalue weighted by Crippen LogP contribution is -2.05. The second-order valence-corrected chi connectivity index (χ2v) is 3.87. The number of benzene rings is 2. The SMILES string of the molecule is CCOC(=O)c1cc(N)c2ccc(OC)cc2c1. The van der Waals surface area contributed by atoms with E-state index < -0.39 is 0 Å². The Morgan fingerprint density at radius 1 is 1.28 bits per heavy atom. The van der Waals surface area contributed by atoms with Crippen molar-refractivity contribution in [2.24, 2.45) is 0 Å². The number of hydrogen-bond acceptors (Lipinski definition) is 4. The molecule has 0 aliphatic rings. The van der Waals surface area contributed by atoms with Gasteiger partial charge in [-0.25, -0.2) is 4.79 Å². The lowest BCUT2D eigenvalue weighted by Gasteiger charge is -2.08. The summed E-state index contributed by atoms with van der Waals surface area (Å²) in [5.41, 5.74) is 6.94. The lowest BCUT2D eigenvalue weighted by atomic mass is 10.0. The van der Waals surface area contributed by atoms with Crippen LogP contribution in [0.2, 0.25) is 0 Å². The number of ether oxygens (including phenoxy) is 2. The number of hydrogen-bond donors (Lipinski definition) is 1. The van der Waals surface area contributed by atoms with Gasteiger partial charge < -0.3 is 15.2 Å². The molecule has 0 unspecified atom stereocenters. The van der Waals surface area contributed by atoms with Crippen LogP contribution >= 0.6 is 0 Å². The van der Waals surface area contributed by atoms with Gasteiger partial charge in [-0.1, -0.05) is 0 Å². The summed E-state index contributed by atoms with van der Waals surface area (Å²) in [7, 11) is 1.60. The minimum Gasteiger partial charge on any atom is -0.497 e. The Bertz CT molecular complexity index is 593. The van der Waals surface area contributed by atoms with Crippen molar-refractivity contribution in [1.82, 2.24) is 0 Å². The molecule has 0 aliphatic carbocycles. The molecule has 2 N–H and O–H groups in total. The van der Waals surface area contributed by atoms with Crippen LogP contribution in [0.5, 0.6) is 5.75 Å². The highest BCUT2D eigenvalue weighted by atomic mass is 16.5. The van der Waals surface area contributed by atoms with E-state index in [1.807, 2.05) is 18.2 Å². The lowest BCUT2D eigenvalue weighted by molar-refractivity contribution is 0.0526. The van der Waals surface area contributed by atoms with Gasteiger partial charge in [0.05, 0.1) is 19.3 Å². The average molecular weight is 245 g/mol. The number of nitrogens with two attached hydrogens (primary N) is 1. The molecule has 0 atom stereocenters. The van der Waals surface area contributed by atoms with Crippen LogP contribution in [0.25, 0.3) is 10.8 Å². The van der Waals surface area contributed by atoms with E-state index in [4.69, 9.17) is 15.2 Å². The van der Waals surface area contributed by atoms with Gasteiger partial charge in [-0.15, -0.1) is 0 Å². The third-order valence-electron chi connectivity index (χ3n) is 2.70. The predicted octanol–water partition coefficient (Wildman–Crippen LogP) is 2.61. The Hall–Kier alpha value is -2.23. The first-order chi connectivity index (χ1) is 8.65. The largest absolute Gasteiger partial charge is 0.497 e. The molecule has 0 fully saturated rings. The highest BCUT2D eigenvalue weighted by Crippen LogP contribution is 2.27. The number of fused-ring (bicyclic) bond motifs is 1. The summed E-state index contributed by atoms with van der Waals surface area (Å²) in [6.07, 6.45) is 0. The van der Waals surface area contributed by atoms with Crippen LogP contribution in [0.1, 0.15) is 17.3 Å². The van der Waals surface area contributed by atoms with Crippen LogP contribution in [-0.4, -0.2) is 19.7 Å². The van der Waals surface area contributed by atoms with Gasteiger partial charge in [0.25, 0.3) is 0 Å². The van der Waals surface area contributed by atoms with Crippen molar-refractivity contribution in [2.45, 2.75) is 6.92 Å². The first-order valence-electron chi connectivity index (χ1n) is 5.70. The Morgan fingerprint density at radius 3 is 2.72 bits per heavy atom. The quantitative estimate of drug-likeness (QED) is 0.667. The molecule has 4 heteroatoms. The van der Waals surface area contributed by atoms with Gasteiger partial charge in [0, 0.05) is 11.1 Å². The molecule has 0 amide bonds. The van der Waals surface area contributed by atoms with E-state index in [2.05, 4.69) is 0 Å². The summed E-state index contributed by atoms with van der Waals surface area (Å²) < 4.78 is 10.1. The second kappa shape index (κ2) is 4.96. The van der Waals surface area contributed by atoms with E-state index in [0.717, 1.165) is 16.5 Å². The molecule has 0 aliphatic heterocycles. The molecular weight excluding hydrogens is 230 g/mol. The Kier molecular flexibility index (Phi) is 3.37. The average Bonchev–Trinajstić information content (AvgIpc) is 2.38. The van der Waals surface area contributed by atoms with Crippen LogP contribution in [-0.2, 0) is 4.74 Å². The molecule has 0 aromatic heterocycles. The second-order valence-electron chi connectivity index (χ2n) is 3.87. The van der Waals surface area contributed by atoms with E-state index in [-0.39, 0.29) is 5.97 Å². The van der Waals surface area contributed by atoms with Crippen molar-refractivity contribution < 1.29 is 14.3 Å². The first-order valence-corrected chi connectivity index (χ1v) is 5.70. The fourth-order valence-electron chi connectivity index (χ4n) is 1.84. The molecule has 2 aromatic rings. The zero-order valence-electron chi connectivity index (χ0n) is 10.4. The van der Waals surface area contributed by atoms with Gasteiger partial charge in [0.2, 0.25) is 0 Å². The van der Waals surface area contributed by atoms with Gasteiger partial charge in [-0.05, 0) is 42.6 Å². The maximum Gasteiger partial charge on any atom is 0.338 e. The number of nitrogen functional groups attached to an aromatic ring is 1. The summed E-state index contributed by atoms with van der Waals surface area (Å²) in [5.74, 6) is 0.358. The van der Waals surface area contributed by atoms with E-state index in [1.54, 1.807) is 26.2 Å². The third-order valence-corrected chi connectivity index (χ3v) is 2.70. The zero-order valence-corrected chi connectivity index (χ0v) is 10.4. The monoisotopic (exact) mass is 245 g/mol. The highest BCUT2D eigenvalue weighted by molar-refractivity contribution is 6.01. The van der Waals surface area contributed by atoms with E-state index >= 15 is 0 Å². The van der Waals surface area contributed by atoms with Crippen LogP contribution in [0.3, 0.4) is 0 Å². The molecule has 0 saturated carbocycles. The topological polar surface area (TPSA) is 61.5 Å². The summed E-state index contributed by atoms with van der Waals surface area (Å²) in [6.45, 7) is 2.11. The summed E-state index contributed by atoms with van der Waals surface area (Å²) in [6, 6.07) is 8.94. The first kappa shape index (κ1) is 12.2. The van der Waals surface area contributed by atoms with Crippen molar-refractivity contribution in [3.63, 3.8) is 0 Å². The molecule has 2 aromatic carbocycles. The number of carbonyl (C=O) groups is 1. The van der Waals surface area contributed by atoms with Gasteiger partial charge in [-0.3, -0.25) is 0 Å². The van der Waals surface area contributed by atoms with Crippen molar-refractivity contribution >= 4 is 22.4 Å². The summed E-state index contributed by atoms with van der Waals surface area (Å²) in [5, 5.41) is 1.75. The predicted molar refractivity (Wildman–Crippen MR) is 70.9 cm³/mol. The van der Waals surface area contributed by atoms with Gasteiger partial charge in [-0.2, -0.15) is 0 Å². The van der Waals surface area contributed by atoms with Crippen LogP contribution in [0.15, 0.2) is 30.3 Å². The Morgan fingerprint density at radius 2 is 2.06 bits per heavy atom. The van der Waals surface area contributed by atoms with Crippen LogP contribution < -0.4 is 10.5 Å². The zero-order chi connectivity index (χ0) is 13.1. The summed E-state index contributed by atoms with van der Waals surface area (Å²) in [4.78, 5) is 11.7. The van der Waals surface area contributed by atoms with E-state index in [0.29, 0.717) is 17.9 Å². The van der Waals surface area contributed by atoms with Gasteiger partial charge in [0.15, 0.2) is 0 Å². The van der Waals surface area contributed by atoms with Crippen molar-refractivity contribution in [2.75, 3.05) is 19.5 Å².